The van der Waals surface area contributed by atoms with Crippen LogP contribution in [0.4, 0.5) is 0 Å². The van der Waals surface area contributed by atoms with Crippen LogP contribution in [0.3, 0.4) is 0 Å². The summed E-state index contributed by atoms with van der Waals surface area (Å²) in [5.74, 6) is 0.572. The van der Waals surface area contributed by atoms with Crippen molar-refractivity contribution in [3.63, 3.8) is 0 Å². The zero-order valence-electron chi connectivity index (χ0n) is 9.29. The highest BCUT2D eigenvalue weighted by Gasteiger charge is 1.96. The van der Waals surface area contributed by atoms with Crippen LogP contribution in [-0.2, 0) is 17.9 Å². The highest BCUT2D eigenvalue weighted by molar-refractivity contribution is 5.09. The Bertz CT molecular complexity index is 256. The van der Waals surface area contributed by atoms with Gasteiger partial charge in [-0.05, 0) is 24.5 Å². The Balaban J connectivity index is 2.18. The summed E-state index contributed by atoms with van der Waals surface area (Å²) < 4.78 is 2.15. The molecule has 0 saturated heterocycles. The van der Waals surface area contributed by atoms with Crippen molar-refractivity contribution in [3.8, 4) is 0 Å². The van der Waals surface area contributed by atoms with Crippen molar-refractivity contribution >= 4 is 0 Å². The molecule has 0 saturated carbocycles. The summed E-state index contributed by atoms with van der Waals surface area (Å²) in [6.07, 6.45) is 4.21. The maximum Gasteiger partial charge on any atom is 0.0705 e. The molecule has 0 radical (unpaired) electrons. The standard InChI is InChI=1S/C11H20N2O/c1-4-13-6-5-11(8-13)7-12-14-9-10(2)3/h5-6,8,10,12H,4,7,9H2,1-3H3. The third-order valence-electron chi connectivity index (χ3n) is 1.97. The third-order valence-corrected chi connectivity index (χ3v) is 1.97. The summed E-state index contributed by atoms with van der Waals surface area (Å²) in [5.41, 5.74) is 4.22. The molecule has 0 spiro atoms. The van der Waals surface area contributed by atoms with Crippen molar-refractivity contribution in [2.24, 2.45) is 5.92 Å². The van der Waals surface area contributed by atoms with Gasteiger partial charge in [-0.15, -0.1) is 0 Å². The van der Waals surface area contributed by atoms with Gasteiger partial charge in [-0.3, -0.25) is 0 Å². The van der Waals surface area contributed by atoms with Crippen LogP contribution in [0.1, 0.15) is 26.3 Å². The molecule has 0 aliphatic carbocycles. The van der Waals surface area contributed by atoms with E-state index in [-0.39, 0.29) is 0 Å². The molecule has 0 amide bonds. The SMILES string of the molecule is CCn1ccc(CNOCC(C)C)c1. The number of aryl methyl sites for hydroxylation is 1. The Hall–Kier alpha value is -0.800. The Morgan fingerprint density at radius 2 is 2.29 bits per heavy atom. The monoisotopic (exact) mass is 196 g/mol. The summed E-state index contributed by atoms with van der Waals surface area (Å²) in [7, 11) is 0. The topological polar surface area (TPSA) is 26.2 Å². The van der Waals surface area contributed by atoms with Crippen molar-refractivity contribution in [2.75, 3.05) is 6.61 Å². The molecular weight excluding hydrogens is 176 g/mol. The maximum absolute atomic E-state index is 5.28. The summed E-state index contributed by atoms with van der Waals surface area (Å²) in [5, 5.41) is 0. The minimum absolute atomic E-state index is 0.572. The van der Waals surface area contributed by atoms with Gasteiger partial charge in [0.15, 0.2) is 0 Å². The van der Waals surface area contributed by atoms with Gasteiger partial charge in [0.2, 0.25) is 0 Å². The molecule has 0 aliphatic heterocycles. The molecule has 0 aromatic carbocycles. The van der Waals surface area contributed by atoms with Gasteiger partial charge in [0, 0.05) is 25.5 Å². The van der Waals surface area contributed by atoms with Gasteiger partial charge in [-0.25, -0.2) is 0 Å². The van der Waals surface area contributed by atoms with E-state index in [1.807, 2.05) is 0 Å². The second kappa shape index (κ2) is 5.83. The fourth-order valence-corrected chi connectivity index (χ4v) is 1.15. The van der Waals surface area contributed by atoms with Crippen LogP contribution in [0.25, 0.3) is 0 Å². The van der Waals surface area contributed by atoms with Gasteiger partial charge in [0.1, 0.15) is 0 Å². The molecule has 0 aliphatic rings. The zero-order chi connectivity index (χ0) is 10.4. The quantitative estimate of drug-likeness (QED) is 0.557. The van der Waals surface area contributed by atoms with E-state index < -0.39 is 0 Å². The molecule has 3 nitrogen and oxygen atoms in total. The molecule has 1 aromatic rings. The number of hydrogen-bond donors (Lipinski definition) is 1. The lowest BCUT2D eigenvalue weighted by Gasteiger charge is -2.06. The zero-order valence-corrected chi connectivity index (χ0v) is 9.29. The molecule has 1 rings (SSSR count). The van der Waals surface area contributed by atoms with Crippen molar-refractivity contribution in [3.05, 3.63) is 24.0 Å². The van der Waals surface area contributed by atoms with Gasteiger partial charge in [0.05, 0.1) is 6.61 Å². The largest absolute Gasteiger partial charge is 0.354 e. The van der Waals surface area contributed by atoms with E-state index in [9.17, 15) is 0 Å². The predicted molar refractivity (Wildman–Crippen MR) is 57.7 cm³/mol. The second-order valence-electron chi connectivity index (χ2n) is 3.88. The summed E-state index contributed by atoms with van der Waals surface area (Å²) >= 11 is 0. The van der Waals surface area contributed by atoms with Crippen LogP contribution >= 0.6 is 0 Å². The van der Waals surface area contributed by atoms with Gasteiger partial charge in [-0.2, -0.15) is 5.48 Å². The first-order valence-corrected chi connectivity index (χ1v) is 5.21. The number of hydrogen-bond acceptors (Lipinski definition) is 2. The summed E-state index contributed by atoms with van der Waals surface area (Å²) in [6, 6.07) is 2.11. The number of nitrogens with zero attached hydrogens (tertiary/aromatic N) is 1. The van der Waals surface area contributed by atoms with Crippen molar-refractivity contribution < 1.29 is 4.84 Å². The smallest absolute Gasteiger partial charge is 0.0705 e. The van der Waals surface area contributed by atoms with Gasteiger partial charge in [0.25, 0.3) is 0 Å². The molecule has 0 atom stereocenters. The minimum Gasteiger partial charge on any atom is -0.354 e. The number of rotatable bonds is 6. The molecule has 1 aromatic heterocycles. The summed E-state index contributed by atoms with van der Waals surface area (Å²) in [4.78, 5) is 5.28. The molecule has 1 N–H and O–H groups in total. The Labute approximate surface area is 86.0 Å². The first kappa shape index (κ1) is 11.3. The van der Waals surface area contributed by atoms with E-state index in [4.69, 9.17) is 4.84 Å². The lowest BCUT2D eigenvalue weighted by molar-refractivity contribution is 0.0196. The highest BCUT2D eigenvalue weighted by atomic mass is 16.6. The Morgan fingerprint density at radius 1 is 1.50 bits per heavy atom. The first-order chi connectivity index (χ1) is 6.72. The molecular formula is C11H20N2O. The minimum atomic E-state index is 0.572. The fraction of sp³-hybridized carbons (Fsp3) is 0.636. The predicted octanol–water partition coefficient (Wildman–Crippen LogP) is 2.19. The van der Waals surface area contributed by atoms with Gasteiger partial charge in [-0.1, -0.05) is 13.8 Å². The Morgan fingerprint density at radius 3 is 2.86 bits per heavy atom. The molecule has 0 bridgehead atoms. The first-order valence-electron chi connectivity index (χ1n) is 5.21. The fourth-order valence-electron chi connectivity index (χ4n) is 1.15. The highest BCUT2D eigenvalue weighted by Crippen LogP contribution is 2.00. The van der Waals surface area contributed by atoms with Crippen LogP contribution < -0.4 is 5.48 Å². The molecule has 14 heavy (non-hydrogen) atoms. The van der Waals surface area contributed by atoms with E-state index in [2.05, 4.69) is 49.3 Å². The van der Waals surface area contributed by atoms with Crippen LogP contribution in [0, 0.1) is 5.92 Å². The van der Waals surface area contributed by atoms with E-state index in [0.717, 1.165) is 19.7 Å². The van der Waals surface area contributed by atoms with Crippen LogP contribution in [0.5, 0.6) is 0 Å². The van der Waals surface area contributed by atoms with Gasteiger partial charge < -0.3 is 9.40 Å². The average molecular weight is 196 g/mol. The molecule has 1 heterocycles. The van der Waals surface area contributed by atoms with Crippen molar-refractivity contribution in [1.82, 2.24) is 10.0 Å². The number of aromatic nitrogens is 1. The maximum atomic E-state index is 5.28. The van der Waals surface area contributed by atoms with Gasteiger partial charge >= 0.3 is 0 Å². The van der Waals surface area contributed by atoms with Crippen LogP contribution in [-0.4, -0.2) is 11.2 Å². The molecule has 80 valence electrons. The van der Waals surface area contributed by atoms with Crippen LogP contribution in [0.15, 0.2) is 18.5 Å². The summed E-state index contributed by atoms with van der Waals surface area (Å²) in [6.45, 7) is 8.96. The average Bonchev–Trinajstić information content (AvgIpc) is 2.60. The van der Waals surface area contributed by atoms with E-state index in [1.165, 1.54) is 5.56 Å². The molecule has 3 heteroatoms. The van der Waals surface area contributed by atoms with E-state index >= 15 is 0 Å². The third kappa shape index (κ3) is 3.94. The lowest BCUT2D eigenvalue weighted by Crippen LogP contribution is -2.17. The molecule has 0 unspecified atom stereocenters. The van der Waals surface area contributed by atoms with E-state index in [0.29, 0.717) is 5.92 Å². The Kier molecular flexibility index (Phi) is 4.70. The molecule has 0 fully saturated rings. The number of nitrogens with one attached hydrogen (secondary N) is 1. The van der Waals surface area contributed by atoms with E-state index in [1.54, 1.807) is 0 Å². The van der Waals surface area contributed by atoms with Crippen molar-refractivity contribution in [1.29, 1.82) is 0 Å². The van der Waals surface area contributed by atoms with Crippen LogP contribution in [0.2, 0.25) is 0 Å². The second-order valence-corrected chi connectivity index (χ2v) is 3.88. The van der Waals surface area contributed by atoms with Crippen molar-refractivity contribution in [2.45, 2.75) is 33.9 Å². The lowest BCUT2D eigenvalue weighted by atomic mass is 10.2. The number of hydroxylamine groups is 1. The normalized spacial score (nSPS) is 11.1.